The molecule has 0 aliphatic heterocycles. The molecule has 0 amide bonds. The first-order chi connectivity index (χ1) is 9.57. The molecule has 0 spiro atoms. The van der Waals surface area contributed by atoms with E-state index in [1.54, 1.807) is 0 Å². The van der Waals surface area contributed by atoms with Gasteiger partial charge in [0.05, 0.1) is 6.61 Å². The van der Waals surface area contributed by atoms with Crippen LogP contribution in [0.25, 0.3) is 0 Å². The largest absolute Gasteiger partial charge is 0.462 e. The molecular weight excluding hydrogens is 248 g/mol. The third kappa shape index (κ3) is 12.3. The highest BCUT2D eigenvalue weighted by molar-refractivity contribution is 5.87. The van der Waals surface area contributed by atoms with Gasteiger partial charge in [-0.05, 0) is 25.2 Å². The van der Waals surface area contributed by atoms with Crippen LogP contribution < -0.4 is 0 Å². The van der Waals surface area contributed by atoms with Crippen molar-refractivity contribution in [2.45, 2.75) is 85.0 Å². The van der Waals surface area contributed by atoms with Gasteiger partial charge >= 0.3 is 5.97 Å². The molecule has 0 atom stereocenters. The van der Waals surface area contributed by atoms with E-state index >= 15 is 0 Å². The fourth-order valence-electron chi connectivity index (χ4n) is 2.14. The van der Waals surface area contributed by atoms with Gasteiger partial charge in [0, 0.05) is 5.57 Å². The highest BCUT2D eigenvalue weighted by Gasteiger charge is 2.07. The normalized spacial score (nSPS) is 10.8. The number of ether oxygens (including phenoxy) is 1. The molecule has 20 heavy (non-hydrogen) atoms. The van der Waals surface area contributed by atoms with Gasteiger partial charge in [-0.1, -0.05) is 72.3 Å². The zero-order valence-electron chi connectivity index (χ0n) is 13.9. The van der Waals surface area contributed by atoms with E-state index in [-0.39, 0.29) is 5.97 Å². The number of esters is 1. The molecule has 0 heterocycles. The summed E-state index contributed by atoms with van der Waals surface area (Å²) in [5.74, 6) is 0.578. The van der Waals surface area contributed by atoms with Gasteiger partial charge in [-0.25, -0.2) is 4.79 Å². The van der Waals surface area contributed by atoms with E-state index in [2.05, 4.69) is 27.4 Å². The van der Waals surface area contributed by atoms with Crippen molar-refractivity contribution < 1.29 is 9.53 Å². The van der Waals surface area contributed by atoms with Crippen molar-refractivity contribution >= 4 is 5.97 Å². The molecule has 0 aliphatic rings. The van der Waals surface area contributed by atoms with E-state index < -0.39 is 0 Å². The van der Waals surface area contributed by atoms with Crippen molar-refractivity contribution in [2.24, 2.45) is 5.92 Å². The Morgan fingerprint density at radius 1 is 1.00 bits per heavy atom. The van der Waals surface area contributed by atoms with Crippen molar-refractivity contribution in [3.05, 3.63) is 12.2 Å². The maximum atomic E-state index is 11.7. The minimum Gasteiger partial charge on any atom is -0.462 e. The summed E-state index contributed by atoms with van der Waals surface area (Å²) in [6, 6.07) is 0. The van der Waals surface area contributed by atoms with Crippen molar-refractivity contribution in [1.29, 1.82) is 0 Å². The molecule has 118 valence electrons. The average Bonchev–Trinajstić information content (AvgIpc) is 2.41. The van der Waals surface area contributed by atoms with Gasteiger partial charge in [0.25, 0.3) is 0 Å². The van der Waals surface area contributed by atoms with Crippen LogP contribution in [0.1, 0.15) is 85.0 Å². The fraction of sp³-hybridized carbons (Fsp3) is 0.833. The Morgan fingerprint density at radius 3 is 2.30 bits per heavy atom. The molecule has 0 fully saturated rings. The summed E-state index contributed by atoms with van der Waals surface area (Å²) >= 11 is 0. The molecule has 0 saturated carbocycles. The van der Waals surface area contributed by atoms with Crippen molar-refractivity contribution in [3.8, 4) is 0 Å². The molecule has 0 aromatic carbocycles. The summed E-state index contributed by atoms with van der Waals surface area (Å²) in [6.45, 7) is 11.1. The van der Waals surface area contributed by atoms with Gasteiger partial charge in [-0.3, -0.25) is 0 Å². The number of hydrogen-bond donors (Lipinski definition) is 0. The smallest absolute Gasteiger partial charge is 0.333 e. The predicted molar refractivity (Wildman–Crippen MR) is 86.8 cm³/mol. The van der Waals surface area contributed by atoms with E-state index in [1.165, 1.54) is 38.5 Å². The minimum atomic E-state index is -0.190. The lowest BCUT2D eigenvalue weighted by atomic mass is 10.1. The molecule has 0 aliphatic carbocycles. The van der Waals surface area contributed by atoms with E-state index in [0.717, 1.165) is 31.6 Å². The van der Waals surface area contributed by atoms with Gasteiger partial charge in [0.2, 0.25) is 0 Å². The van der Waals surface area contributed by atoms with Gasteiger partial charge in [-0.2, -0.15) is 0 Å². The van der Waals surface area contributed by atoms with Crippen molar-refractivity contribution in [3.63, 3.8) is 0 Å². The molecular formula is C18H34O2. The monoisotopic (exact) mass is 282 g/mol. The molecule has 0 bridgehead atoms. The quantitative estimate of drug-likeness (QED) is 0.247. The summed E-state index contributed by atoms with van der Waals surface area (Å²) in [5, 5.41) is 0. The van der Waals surface area contributed by atoms with Crippen molar-refractivity contribution in [1.82, 2.24) is 0 Å². The van der Waals surface area contributed by atoms with Gasteiger partial charge in [-0.15, -0.1) is 0 Å². The topological polar surface area (TPSA) is 26.3 Å². The zero-order valence-corrected chi connectivity index (χ0v) is 13.9. The van der Waals surface area contributed by atoms with Crippen LogP contribution in [-0.2, 0) is 9.53 Å². The third-order valence-corrected chi connectivity index (χ3v) is 3.53. The Kier molecular flexibility index (Phi) is 12.7. The first-order valence-corrected chi connectivity index (χ1v) is 8.42. The lowest BCUT2D eigenvalue weighted by molar-refractivity contribution is -0.139. The summed E-state index contributed by atoms with van der Waals surface area (Å²) in [6.07, 6.45) is 11.4. The molecule has 2 nitrogen and oxygen atoms in total. The molecule has 0 radical (unpaired) electrons. The van der Waals surface area contributed by atoms with E-state index in [1.807, 2.05) is 0 Å². The Bertz CT molecular complexity index is 256. The van der Waals surface area contributed by atoms with Crippen LogP contribution in [0.3, 0.4) is 0 Å². The Balaban J connectivity index is 3.44. The second kappa shape index (κ2) is 13.2. The number of carbonyl (C=O) groups excluding carboxylic acids is 1. The summed E-state index contributed by atoms with van der Waals surface area (Å²) in [4.78, 5) is 11.7. The van der Waals surface area contributed by atoms with Gasteiger partial charge < -0.3 is 4.74 Å². The summed E-state index contributed by atoms with van der Waals surface area (Å²) in [7, 11) is 0. The van der Waals surface area contributed by atoms with Crippen LogP contribution in [0.15, 0.2) is 12.2 Å². The Labute approximate surface area is 126 Å². The molecule has 0 aromatic heterocycles. The maximum Gasteiger partial charge on any atom is 0.333 e. The van der Waals surface area contributed by atoms with Crippen LogP contribution in [0.4, 0.5) is 0 Å². The van der Waals surface area contributed by atoms with E-state index in [0.29, 0.717) is 12.2 Å². The van der Waals surface area contributed by atoms with E-state index in [9.17, 15) is 4.79 Å². The molecule has 0 aromatic rings. The van der Waals surface area contributed by atoms with Crippen LogP contribution in [0.2, 0.25) is 0 Å². The second-order valence-corrected chi connectivity index (χ2v) is 6.15. The summed E-state index contributed by atoms with van der Waals surface area (Å²) in [5.41, 5.74) is 0.642. The average molecular weight is 282 g/mol. The van der Waals surface area contributed by atoms with Crippen LogP contribution >= 0.6 is 0 Å². The highest BCUT2D eigenvalue weighted by Crippen LogP contribution is 2.12. The van der Waals surface area contributed by atoms with Gasteiger partial charge in [0.15, 0.2) is 0 Å². The summed E-state index contributed by atoms with van der Waals surface area (Å²) < 4.78 is 5.25. The molecule has 0 N–H and O–H groups in total. The van der Waals surface area contributed by atoms with Crippen LogP contribution in [0, 0.1) is 5.92 Å². The highest BCUT2D eigenvalue weighted by atomic mass is 16.5. The molecule has 0 unspecified atom stereocenters. The SMILES string of the molecule is C=C(CCCCCCC)C(=O)OCCCCCC(C)C. The molecule has 0 rings (SSSR count). The first kappa shape index (κ1) is 19.2. The van der Waals surface area contributed by atoms with Crippen molar-refractivity contribution in [2.75, 3.05) is 6.61 Å². The maximum absolute atomic E-state index is 11.7. The fourth-order valence-corrected chi connectivity index (χ4v) is 2.14. The van der Waals surface area contributed by atoms with Gasteiger partial charge in [0.1, 0.15) is 0 Å². The number of carbonyl (C=O) groups is 1. The first-order valence-electron chi connectivity index (χ1n) is 8.42. The standard InChI is InChI=1S/C18H34O2/c1-5-6-7-8-11-14-17(4)18(19)20-15-12-9-10-13-16(2)3/h16H,4-15H2,1-3H3. The molecule has 0 saturated heterocycles. The third-order valence-electron chi connectivity index (χ3n) is 3.53. The predicted octanol–water partition coefficient (Wildman–Crippen LogP) is 5.66. The minimum absolute atomic E-state index is 0.190. The number of hydrogen-bond acceptors (Lipinski definition) is 2. The molecule has 2 heteroatoms. The zero-order chi connectivity index (χ0) is 15.2. The Hall–Kier alpha value is -0.790. The second-order valence-electron chi connectivity index (χ2n) is 6.15. The van der Waals surface area contributed by atoms with Crippen LogP contribution in [0.5, 0.6) is 0 Å². The Morgan fingerprint density at radius 2 is 1.65 bits per heavy atom. The lowest BCUT2D eigenvalue weighted by Crippen LogP contribution is -2.08. The van der Waals surface area contributed by atoms with E-state index in [4.69, 9.17) is 4.74 Å². The lowest BCUT2D eigenvalue weighted by Gasteiger charge is -2.08. The van der Waals surface area contributed by atoms with Crippen LogP contribution in [-0.4, -0.2) is 12.6 Å². The number of unbranched alkanes of at least 4 members (excludes halogenated alkanes) is 6. The number of rotatable bonds is 13.